The molecule has 1 atom stereocenters. The van der Waals surface area contributed by atoms with Crippen LogP contribution in [0.5, 0.6) is 0 Å². The van der Waals surface area contributed by atoms with Crippen LogP contribution in [0.4, 0.5) is 0 Å². The maximum absolute atomic E-state index is 2.67. The zero-order chi connectivity index (χ0) is 11.1. The number of nitrogens with zero attached hydrogens (tertiary/aromatic N) is 3. The Bertz CT molecular complexity index is 221. The summed E-state index contributed by atoms with van der Waals surface area (Å²) in [6.07, 6.45) is 0. The summed E-state index contributed by atoms with van der Waals surface area (Å²) in [5, 5.41) is 0. The Kier molecular flexibility index (Phi) is 3.06. The van der Waals surface area contributed by atoms with Crippen molar-refractivity contribution in [3.63, 3.8) is 0 Å². The van der Waals surface area contributed by atoms with E-state index in [0.717, 1.165) is 6.04 Å². The van der Waals surface area contributed by atoms with Crippen molar-refractivity contribution in [2.75, 3.05) is 46.3 Å². The fourth-order valence-electron chi connectivity index (χ4n) is 2.72. The van der Waals surface area contributed by atoms with Gasteiger partial charge in [-0.2, -0.15) is 0 Å². The summed E-state index contributed by atoms with van der Waals surface area (Å²) in [6, 6.07) is 0.761. The Balaban J connectivity index is 1.97. The van der Waals surface area contributed by atoms with Crippen molar-refractivity contribution in [1.29, 1.82) is 0 Å². The predicted octanol–water partition coefficient (Wildman–Crippen LogP) is 0.717. The molecule has 3 nitrogen and oxygen atoms in total. The maximum Gasteiger partial charge on any atom is 0.0351 e. The van der Waals surface area contributed by atoms with Crippen LogP contribution in [0.3, 0.4) is 0 Å². The molecular formula is C12H25N3. The molecule has 2 aliphatic rings. The lowest BCUT2D eigenvalue weighted by Gasteiger charge is -2.50. The van der Waals surface area contributed by atoms with Crippen molar-refractivity contribution >= 4 is 0 Å². The van der Waals surface area contributed by atoms with Crippen LogP contribution in [0.25, 0.3) is 0 Å². The zero-order valence-electron chi connectivity index (χ0n) is 10.7. The highest BCUT2D eigenvalue weighted by atomic mass is 15.4. The minimum atomic E-state index is 0.335. The van der Waals surface area contributed by atoms with Gasteiger partial charge in [-0.1, -0.05) is 0 Å². The average Bonchev–Trinajstić information content (AvgIpc) is 2.15. The van der Waals surface area contributed by atoms with Gasteiger partial charge >= 0.3 is 0 Å². The first-order valence-corrected chi connectivity index (χ1v) is 6.14. The summed E-state index contributed by atoms with van der Waals surface area (Å²) < 4.78 is 0. The van der Waals surface area contributed by atoms with Gasteiger partial charge in [-0.05, 0) is 27.8 Å². The molecule has 0 spiro atoms. The highest BCUT2D eigenvalue weighted by molar-refractivity contribution is 4.91. The topological polar surface area (TPSA) is 9.72 Å². The molecule has 2 rings (SSSR count). The van der Waals surface area contributed by atoms with Gasteiger partial charge in [0.2, 0.25) is 0 Å². The van der Waals surface area contributed by atoms with Crippen molar-refractivity contribution in [2.24, 2.45) is 0 Å². The van der Waals surface area contributed by atoms with E-state index in [2.05, 4.69) is 42.5 Å². The number of hydrogen-bond acceptors (Lipinski definition) is 3. The molecule has 2 fully saturated rings. The van der Waals surface area contributed by atoms with Crippen LogP contribution in [0, 0.1) is 0 Å². The fraction of sp³-hybridized carbons (Fsp3) is 1.00. The van der Waals surface area contributed by atoms with Crippen LogP contribution in [0.15, 0.2) is 0 Å². The molecule has 3 heteroatoms. The summed E-state index contributed by atoms with van der Waals surface area (Å²) in [4.78, 5) is 7.77. The summed E-state index contributed by atoms with van der Waals surface area (Å²) in [5.41, 5.74) is 0.335. The van der Waals surface area contributed by atoms with E-state index in [-0.39, 0.29) is 0 Å². The van der Waals surface area contributed by atoms with Crippen LogP contribution in [0.1, 0.15) is 20.8 Å². The molecular weight excluding hydrogens is 186 g/mol. The summed E-state index contributed by atoms with van der Waals surface area (Å²) in [5.74, 6) is 0. The van der Waals surface area contributed by atoms with Crippen molar-refractivity contribution in [3.05, 3.63) is 0 Å². The van der Waals surface area contributed by atoms with Gasteiger partial charge in [0, 0.05) is 50.8 Å². The molecule has 0 amide bonds. The molecule has 0 aromatic carbocycles. The first-order valence-electron chi connectivity index (χ1n) is 6.14. The Hall–Kier alpha value is -0.120. The summed E-state index contributed by atoms with van der Waals surface area (Å²) in [6.45, 7) is 14.5. The highest BCUT2D eigenvalue weighted by Crippen LogP contribution is 2.21. The molecule has 15 heavy (non-hydrogen) atoms. The molecule has 0 radical (unpaired) electrons. The Labute approximate surface area is 94.0 Å². The molecule has 0 N–H and O–H groups in total. The minimum Gasteiger partial charge on any atom is -0.303 e. The van der Waals surface area contributed by atoms with Crippen LogP contribution in [-0.2, 0) is 0 Å². The largest absolute Gasteiger partial charge is 0.303 e. The molecule has 2 aliphatic heterocycles. The monoisotopic (exact) mass is 211 g/mol. The van der Waals surface area contributed by atoms with Crippen LogP contribution >= 0.6 is 0 Å². The van der Waals surface area contributed by atoms with Gasteiger partial charge < -0.3 is 4.90 Å². The van der Waals surface area contributed by atoms with Crippen molar-refractivity contribution in [2.45, 2.75) is 32.4 Å². The highest BCUT2D eigenvalue weighted by Gasteiger charge is 2.34. The normalized spacial score (nSPS) is 31.6. The van der Waals surface area contributed by atoms with Crippen LogP contribution in [-0.4, -0.2) is 72.6 Å². The first-order chi connectivity index (χ1) is 6.97. The molecule has 0 aliphatic carbocycles. The van der Waals surface area contributed by atoms with Gasteiger partial charge in [0.05, 0.1) is 0 Å². The van der Waals surface area contributed by atoms with Crippen LogP contribution < -0.4 is 0 Å². The van der Waals surface area contributed by atoms with Gasteiger partial charge in [-0.3, -0.25) is 9.80 Å². The summed E-state index contributed by atoms with van der Waals surface area (Å²) >= 11 is 0. The summed E-state index contributed by atoms with van der Waals surface area (Å²) in [7, 11) is 2.24. The van der Waals surface area contributed by atoms with Gasteiger partial charge in [0.15, 0.2) is 0 Å². The molecule has 0 aromatic heterocycles. The SMILES string of the molecule is CN1CCN2CCN(C(C)(C)C)CC2C1. The predicted molar refractivity (Wildman–Crippen MR) is 64.2 cm³/mol. The molecule has 88 valence electrons. The smallest absolute Gasteiger partial charge is 0.0351 e. The lowest BCUT2D eigenvalue weighted by molar-refractivity contribution is -0.0129. The number of hydrogen-bond donors (Lipinski definition) is 0. The van der Waals surface area contributed by atoms with Gasteiger partial charge in [0.1, 0.15) is 0 Å². The molecule has 0 aromatic rings. The van der Waals surface area contributed by atoms with Crippen molar-refractivity contribution < 1.29 is 0 Å². The third-order valence-corrected chi connectivity index (χ3v) is 3.84. The quantitative estimate of drug-likeness (QED) is 0.584. The van der Waals surface area contributed by atoms with Crippen molar-refractivity contribution in [1.82, 2.24) is 14.7 Å². The number of piperazine rings is 2. The molecule has 2 saturated heterocycles. The molecule has 1 unspecified atom stereocenters. The number of fused-ring (bicyclic) bond motifs is 1. The third kappa shape index (κ3) is 2.52. The molecule has 0 saturated carbocycles. The van der Waals surface area contributed by atoms with E-state index in [9.17, 15) is 0 Å². The Morgan fingerprint density at radius 1 is 0.933 bits per heavy atom. The number of likely N-dealkylation sites (N-methyl/N-ethyl adjacent to an activating group) is 1. The van der Waals surface area contributed by atoms with E-state index < -0.39 is 0 Å². The fourth-order valence-corrected chi connectivity index (χ4v) is 2.72. The zero-order valence-corrected chi connectivity index (χ0v) is 10.7. The standard InChI is InChI=1S/C12H25N3/c1-12(2,3)15-8-7-14-6-5-13(4)9-11(14)10-15/h11H,5-10H2,1-4H3. The van der Waals surface area contributed by atoms with E-state index in [1.54, 1.807) is 0 Å². The second kappa shape index (κ2) is 4.04. The molecule has 2 heterocycles. The maximum atomic E-state index is 2.67. The third-order valence-electron chi connectivity index (χ3n) is 3.84. The van der Waals surface area contributed by atoms with Crippen molar-refractivity contribution in [3.8, 4) is 0 Å². The molecule has 0 bridgehead atoms. The second-order valence-electron chi connectivity index (χ2n) is 6.07. The first kappa shape index (κ1) is 11.4. The second-order valence-corrected chi connectivity index (χ2v) is 6.07. The lowest BCUT2D eigenvalue weighted by Crippen LogP contribution is -2.64. The van der Waals surface area contributed by atoms with E-state index >= 15 is 0 Å². The van der Waals surface area contributed by atoms with E-state index in [4.69, 9.17) is 0 Å². The van der Waals surface area contributed by atoms with Gasteiger partial charge in [-0.15, -0.1) is 0 Å². The Morgan fingerprint density at radius 3 is 2.27 bits per heavy atom. The van der Waals surface area contributed by atoms with Crippen LogP contribution in [0.2, 0.25) is 0 Å². The average molecular weight is 211 g/mol. The van der Waals surface area contributed by atoms with E-state index in [1.165, 1.54) is 39.3 Å². The van der Waals surface area contributed by atoms with Gasteiger partial charge in [0.25, 0.3) is 0 Å². The minimum absolute atomic E-state index is 0.335. The Morgan fingerprint density at radius 2 is 1.60 bits per heavy atom. The van der Waals surface area contributed by atoms with Gasteiger partial charge in [-0.25, -0.2) is 0 Å². The van der Waals surface area contributed by atoms with E-state index in [0.29, 0.717) is 5.54 Å². The lowest BCUT2D eigenvalue weighted by atomic mass is 10.0. The number of rotatable bonds is 0. The van der Waals surface area contributed by atoms with E-state index in [1.807, 2.05) is 0 Å².